The first-order valence-corrected chi connectivity index (χ1v) is 9.17. The highest BCUT2D eigenvalue weighted by Crippen LogP contribution is 2.25. The fraction of sp³-hybridized carbons (Fsp3) is 0.529. The summed E-state index contributed by atoms with van der Waals surface area (Å²) in [5, 5.41) is 2.99. The van der Waals surface area contributed by atoms with E-state index in [2.05, 4.69) is 29.3 Å². The Morgan fingerprint density at radius 2 is 2.09 bits per heavy atom. The Hall–Kier alpha value is -1.69. The normalized spacial score (nSPS) is 21.1. The van der Waals surface area contributed by atoms with E-state index >= 15 is 0 Å². The molecule has 1 aromatic rings. The quantitative estimate of drug-likeness (QED) is 0.900. The predicted octanol–water partition coefficient (Wildman–Crippen LogP) is 3.03. The zero-order valence-electron chi connectivity index (χ0n) is 13.5. The van der Waals surface area contributed by atoms with Gasteiger partial charge in [0.05, 0.1) is 0 Å². The largest absolute Gasteiger partial charge is 0.371 e. The third-order valence-corrected chi connectivity index (χ3v) is 5.29. The highest BCUT2D eigenvalue weighted by atomic mass is 32.2. The maximum atomic E-state index is 12.0. The summed E-state index contributed by atoms with van der Waals surface area (Å²) in [4.78, 5) is 27.6. The molecule has 2 aliphatic rings. The van der Waals surface area contributed by atoms with Crippen LogP contribution in [0.15, 0.2) is 24.3 Å². The van der Waals surface area contributed by atoms with Gasteiger partial charge in [-0.25, -0.2) is 0 Å². The molecule has 3 rings (SSSR count). The van der Waals surface area contributed by atoms with Crippen LogP contribution in [0.4, 0.5) is 16.2 Å². The fourth-order valence-electron chi connectivity index (χ4n) is 3.01. The summed E-state index contributed by atoms with van der Waals surface area (Å²) in [6.07, 6.45) is 1.59. The highest BCUT2D eigenvalue weighted by molar-refractivity contribution is 8.13. The fourth-order valence-corrected chi connectivity index (χ4v) is 3.87. The van der Waals surface area contributed by atoms with Gasteiger partial charge in [0.15, 0.2) is 0 Å². The molecule has 2 saturated heterocycles. The van der Waals surface area contributed by atoms with Crippen LogP contribution >= 0.6 is 11.8 Å². The zero-order valence-corrected chi connectivity index (χ0v) is 14.3. The SMILES string of the molecule is CC1CCN(c2ccc(NC(=O)CCN3CCSC3=O)cc2)C1. The lowest BCUT2D eigenvalue weighted by Gasteiger charge is -2.18. The molecule has 2 aliphatic heterocycles. The molecule has 0 bridgehead atoms. The number of hydrogen-bond donors (Lipinski definition) is 1. The van der Waals surface area contributed by atoms with Crippen molar-refractivity contribution in [3.8, 4) is 0 Å². The summed E-state index contributed by atoms with van der Waals surface area (Å²) >= 11 is 1.33. The van der Waals surface area contributed by atoms with Crippen molar-refractivity contribution in [1.29, 1.82) is 0 Å². The number of nitrogens with one attached hydrogen (secondary N) is 1. The Morgan fingerprint density at radius 3 is 2.70 bits per heavy atom. The van der Waals surface area contributed by atoms with Crippen molar-refractivity contribution >= 4 is 34.3 Å². The molecular formula is C17H23N3O2S. The number of benzene rings is 1. The lowest BCUT2D eigenvalue weighted by atomic mass is 10.2. The zero-order chi connectivity index (χ0) is 16.2. The van der Waals surface area contributed by atoms with Crippen molar-refractivity contribution in [3.05, 3.63) is 24.3 Å². The lowest BCUT2D eigenvalue weighted by Crippen LogP contribution is -2.27. The Bertz CT molecular complexity index is 576. The minimum atomic E-state index is -0.0442. The van der Waals surface area contributed by atoms with Gasteiger partial charge in [0.2, 0.25) is 5.91 Å². The number of rotatable bonds is 5. The third kappa shape index (κ3) is 4.19. The number of anilines is 2. The van der Waals surface area contributed by atoms with E-state index in [1.54, 1.807) is 4.90 Å². The topological polar surface area (TPSA) is 52.7 Å². The van der Waals surface area contributed by atoms with Gasteiger partial charge in [-0.2, -0.15) is 0 Å². The number of amides is 2. The van der Waals surface area contributed by atoms with Gasteiger partial charge in [0, 0.05) is 49.7 Å². The van der Waals surface area contributed by atoms with Crippen LogP contribution in [0.25, 0.3) is 0 Å². The first kappa shape index (κ1) is 16.2. The first-order chi connectivity index (χ1) is 11.1. The molecule has 0 radical (unpaired) electrons. The van der Waals surface area contributed by atoms with Crippen molar-refractivity contribution in [1.82, 2.24) is 4.90 Å². The van der Waals surface area contributed by atoms with Crippen molar-refractivity contribution in [2.45, 2.75) is 19.8 Å². The van der Waals surface area contributed by atoms with Crippen molar-refractivity contribution < 1.29 is 9.59 Å². The molecule has 2 fully saturated rings. The van der Waals surface area contributed by atoms with E-state index in [1.165, 1.54) is 23.9 Å². The average molecular weight is 333 g/mol. The van der Waals surface area contributed by atoms with Gasteiger partial charge in [-0.1, -0.05) is 18.7 Å². The molecule has 0 spiro atoms. The highest BCUT2D eigenvalue weighted by Gasteiger charge is 2.21. The van der Waals surface area contributed by atoms with E-state index < -0.39 is 0 Å². The molecule has 2 amide bonds. The Balaban J connectivity index is 1.47. The average Bonchev–Trinajstić information content (AvgIpc) is 3.15. The van der Waals surface area contributed by atoms with Gasteiger partial charge in [-0.3, -0.25) is 9.59 Å². The monoisotopic (exact) mass is 333 g/mol. The summed E-state index contributed by atoms with van der Waals surface area (Å²) in [7, 11) is 0. The summed E-state index contributed by atoms with van der Waals surface area (Å²) in [6, 6.07) is 8.03. The summed E-state index contributed by atoms with van der Waals surface area (Å²) in [5.74, 6) is 1.54. The van der Waals surface area contributed by atoms with Crippen LogP contribution in [0.3, 0.4) is 0 Å². The standard InChI is InChI=1S/C17H23N3O2S/c1-13-6-8-20(12-13)15-4-2-14(3-5-15)18-16(21)7-9-19-10-11-23-17(19)22/h2-5,13H,6-12H2,1H3,(H,18,21). The smallest absolute Gasteiger partial charge is 0.281 e. The van der Waals surface area contributed by atoms with Crippen molar-refractivity contribution in [3.63, 3.8) is 0 Å². The molecule has 1 N–H and O–H groups in total. The third-order valence-electron chi connectivity index (χ3n) is 4.39. The van der Waals surface area contributed by atoms with Crippen LogP contribution in [0.2, 0.25) is 0 Å². The van der Waals surface area contributed by atoms with Crippen molar-refractivity contribution in [2.24, 2.45) is 5.92 Å². The molecule has 1 atom stereocenters. The minimum Gasteiger partial charge on any atom is -0.371 e. The Kier molecular flexibility index (Phi) is 5.10. The summed E-state index contributed by atoms with van der Waals surface area (Å²) in [5.41, 5.74) is 2.03. The molecule has 6 heteroatoms. The predicted molar refractivity (Wildman–Crippen MR) is 95.1 cm³/mol. The molecule has 124 valence electrons. The summed E-state index contributed by atoms with van der Waals surface area (Å²) in [6.45, 7) is 5.74. The van der Waals surface area contributed by atoms with E-state index in [0.717, 1.165) is 37.0 Å². The van der Waals surface area contributed by atoms with E-state index in [1.807, 2.05) is 12.1 Å². The van der Waals surface area contributed by atoms with Gasteiger partial charge < -0.3 is 15.1 Å². The van der Waals surface area contributed by atoms with E-state index in [4.69, 9.17) is 0 Å². The maximum Gasteiger partial charge on any atom is 0.281 e. The molecule has 5 nitrogen and oxygen atoms in total. The second-order valence-electron chi connectivity index (χ2n) is 6.29. The second kappa shape index (κ2) is 7.25. The van der Waals surface area contributed by atoms with Gasteiger partial charge in [-0.15, -0.1) is 0 Å². The number of carbonyl (C=O) groups is 2. The molecule has 2 heterocycles. The maximum absolute atomic E-state index is 12.0. The van der Waals surface area contributed by atoms with Crippen LogP contribution < -0.4 is 10.2 Å². The molecule has 0 aliphatic carbocycles. The molecule has 0 aromatic heterocycles. The van der Waals surface area contributed by atoms with Crippen LogP contribution in [-0.4, -0.2) is 48.0 Å². The minimum absolute atomic E-state index is 0.0442. The van der Waals surface area contributed by atoms with Crippen LogP contribution in [-0.2, 0) is 4.79 Å². The van der Waals surface area contributed by atoms with Gasteiger partial charge >= 0.3 is 0 Å². The lowest BCUT2D eigenvalue weighted by molar-refractivity contribution is -0.116. The van der Waals surface area contributed by atoms with Crippen LogP contribution in [0.1, 0.15) is 19.8 Å². The Morgan fingerprint density at radius 1 is 1.30 bits per heavy atom. The number of thioether (sulfide) groups is 1. The van der Waals surface area contributed by atoms with Gasteiger partial charge in [0.1, 0.15) is 0 Å². The molecule has 1 unspecified atom stereocenters. The molecular weight excluding hydrogens is 310 g/mol. The van der Waals surface area contributed by atoms with Gasteiger partial charge in [-0.05, 0) is 36.6 Å². The van der Waals surface area contributed by atoms with E-state index in [0.29, 0.717) is 13.0 Å². The van der Waals surface area contributed by atoms with Crippen molar-refractivity contribution in [2.75, 3.05) is 42.1 Å². The van der Waals surface area contributed by atoms with E-state index in [-0.39, 0.29) is 11.1 Å². The Labute approximate surface area is 141 Å². The van der Waals surface area contributed by atoms with Crippen LogP contribution in [0, 0.1) is 5.92 Å². The second-order valence-corrected chi connectivity index (χ2v) is 7.33. The molecule has 23 heavy (non-hydrogen) atoms. The molecule has 1 aromatic carbocycles. The summed E-state index contributed by atoms with van der Waals surface area (Å²) < 4.78 is 0. The van der Waals surface area contributed by atoms with E-state index in [9.17, 15) is 9.59 Å². The first-order valence-electron chi connectivity index (χ1n) is 8.18. The number of nitrogens with zero attached hydrogens (tertiary/aromatic N) is 2. The molecule has 0 saturated carbocycles. The van der Waals surface area contributed by atoms with Crippen LogP contribution in [0.5, 0.6) is 0 Å². The number of hydrogen-bond acceptors (Lipinski definition) is 4. The van der Waals surface area contributed by atoms with Gasteiger partial charge in [0.25, 0.3) is 5.24 Å². The number of carbonyl (C=O) groups excluding carboxylic acids is 2.